The SMILES string of the molecule is C=C1CC2C(CC(=O)NC)[C@H]3CCC1[C@@H]23. The quantitative estimate of drug-likeness (QED) is 0.686. The molecule has 0 heterocycles. The van der Waals surface area contributed by atoms with Gasteiger partial charge in [0, 0.05) is 13.5 Å². The van der Waals surface area contributed by atoms with Gasteiger partial charge < -0.3 is 5.32 Å². The number of carbonyl (C=O) groups excluding carboxylic acids is 1. The highest BCUT2D eigenvalue weighted by Gasteiger charge is 2.60. The molecule has 0 aromatic carbocycles. The minimum atomic E-state index is 0.222. The third kappa shape index (κ3) is 1.14. The third-order valence-electron chi connectivity index (χ3n) is 5.09. The molecule has 0 bridgehead atoms. The summed E-state index contributed by atoms with van der Waals surface area (Å²) in [5, 5.41) is 2.75. The van der Waals surface area contributed by atoms with E-state index in [0.717, 1.165) is 30.1 Å². The Morgan fingerprint density at radius 2 is 2.27 bits per heavy atom. The number of allylic oxidation sites excluding steroid dienone is 1. The molecule has 3 aliphatic carbocycles. The van der Waals surface area contributed by atoms with Crippen LogP contribution in [0.2, 0.25) is 0 Å². The predicted molar refractivity (Wildman–Crippen MR) is 59.1 cm³/mol. The zero-order chi connectivity index (χ0) is 10.6. The summed E-state index contributed by atoms with van der Waals surface area (Å²) in [7, 11) is 1.74. The molecule has 3 saturated carbocycles. The lowest BCUT2D eigenvalue weighted by Gasteiger charge is -2.46. The van der Waals surface area contributed by atoms with Gasteiger partial charge in [0.25, 0.3) is 0 Å². The van der Waals surface area contributed by atoms with E-state index < -0.39 is 0 Å². The fourth-order valence-corrected chi connectivity index (χ4v) is 4.46. The van der Waals surface area contributed by atoms with Crippen LogP contribution in [-0.2, 0) is 4.79 Å². The summed E-state index contributed by atoms with van der Waals surface area (Å²) < 4.78 is 0. The Kier molecular flexibility index (Phi) is 1.95. The van der Waals surface area contributed by atoms with Crippen LogP contribution in [0.1, 0.15) is 25.7 Å². The molecule has 15 heavy (non-hydrogen) atoms. The molecular formula is C13H19NO. The van der Waals surface area contributed by atoms with Crippen LogP contribution in [0.4, 0.5) is 0 Å². The maximum Gasteiger partial charge on any atom is 0.220 e. The Morgan fingerprint density at radius 1 is 1.47 bits per heavy atom. The largest absolute Gasteiger partial charge is 0.359 e. The number of amides is 1. The van der Waals surface area contributed by atoms with Gasteiger partial charge in [0.15, 0.2) is 0 Å². The second kappa shape index (κ2) is 3.10. The van der Waals surface area contributed by atoms with Crippen LogP contribution in [0.5, 0.6) is 0 Å². The van der Waals surface area contributed by atoms with Crippen molar-refractivity contribution in [2.45, 2.75) is 25.7 Å². The molecule has 0 saturated heterocycles. The minimum Gasteiger partial charge on any atom is -0.359 e. The summed E-state index contributed by atoms with van der Waals surface area (Å²) in [5.74, 6) is 4.26. The molecule has 0 aromatic rings. The highest BCUT2D eigenvalue weighted by molar-refractivity contribution is 5.76. The van der Waals surface area contributed by atoms with Crippen LogP contribution in [0.25, 0.3) is 0 Å². The first-order chi connectivity index (χ1) is 7.22. The molecule has 3 fully saturated rings. The van der Waals surface area contributed by atoms with E-state index in [2.05, 4.69) is 11.9 Å². The molecule has 2 nitrogen and oxygen atoms in total. The molecule has 1 N–H and O–H groups in total. The van der Waals surface area contributed by atoms with E-state index in [9.17, 15) is 4.79 Å². The van der Waals surface area contributed by atoms with E-state index in [1.807, 2.05) is 0 Å². The molecule has 2 heteroatoms. The second-order valence-electron chi connectivity index (χ2n) is 5.49. The van der Waals surface area contributed by atoms with Crippen molar-refractivity contribution < 1.29 is 4.79 Å². The van der Waals surface area contributed by atoms with Crippen molar-refractivity contribution in [2.24, 2.45) is 29.6 Å². The Balaban J connectivity index is 1.74. The van der Waals surface area contributed by atoms with E-state index >= 15 is 0 Å². The maximum absolute atomic E-state index is 11.4. The van der Waals surface area contributed by atoms with Crippen molar-refractivity contribution in [3.05, 3.63) is 12.2 Å². The molecule has 0 aliphatic heterocycles. The van der Waals surface area contributed by atoms with Crippen molar-refractivity contribution in [2.75, 3.05) is 7.05 Å². The first kappa shape index (κ1) is 9.44. The fraction of sp³-hybridized carbons (Fsp3) is 0.769. The van der Waals surface area contributed by atoms with Crippen molar-refractivity contribution in [3.63, 3.8) is 0 Å². The van der Waals surface area contributed by atoms with Gasteiger partial charge in [0.05, 0.1) is 0 Å². The van der Waals surface area contributed by atoms with Crippen LogP contribution in [-0.4, -0.2) is 13.0 Å². The molecule has 5 atom stereocenters. The maximum atomic E-state index is 11.4. The highest BCUT2D eigenvalue weighted by atomic mass is 16.1. The minimum absolute atomic E-state index is 0.222. The van der Waals surface area contributed by atoms with Gasteiger partial charge in [-0.05, 0) is 48.9 Å². The number of hydrogen-bond acceptors (Lipinski definition) is 1. The molecule has 3 rings (SSSR count). The number of nitrogens with one attached hydrogen (secondary N) is 1. The van der Waals surface area contributed by atoms with E-state index in [4.69, 9.17) is 0 Å². The van der Waals surface area contributed by atoms with Gasteiger partial charge >= 0.3 is 0 Å². The average Bonchev–Trinajstić information content (AvgIpc) is 2.72. The van der Waals surface area contributed by atoms with E-state index in [0.29, 0.717) is 5.92 Å². The number of rotatable bonds is 2. The lowest BCUT2D eigenvalue weighted by atomic mass is 9.58. The Bertz CT molecular complexity index is 322. The highest BCUT2D eigenvalue weighted by Crippen LogP contribution is 2.67. The molecule has 0 spiro atoms. The van der Waals surface area contributed by atoms with Gasteiger partial charge in [-0.1, -0.05) is 12.2 Å². The summed E-state index contributed by atoms with van der Waals surface area (Å²) in [6.45, 7) is 4.21. The van der Waals surface area contributed by atoms with Gasteiger partial charge in [-0.2, -0.15) is 0 Å². The van der Waals surface area contributed by atoms with Crippen molar-refractivity contribution in [1.82, 2.24) is 5.32 Å². The lowest BCUT2D eigenvalue weighted by molar-refractivity contribution is -0.125. The first-order valence-corrected chi connectivity index (χ1v) is 6.10. The molecule has 3 aliphatic rings. The molecule has 0 aromatic heterocycles. The van der Waals surface area contributed by atoms with Crippen LogP contribution in [0.3, 0.4) is 0 Å². The summed E-state index contributed by atoms with van der Waals surface area (Å²) in [6, 6.07) is 0. The molecule has 82 valence electrons. The summed E-state index contributed by atoms with van der Waals surface area (Å²) in [5.41, 5.74) is 1.48. The molecular weight excluding hydrogens is 186 g/mol. The van der Waals surface area contributed by atoms with E-state index in [1.54, 1.807) is 7.05 Å². The summed E-state index contributed by atoms with van der Waals surface area (Å²) >= 11 is 0. The second-order valence-corrected chi connectivity index (χ2v) is 5.49. The number of carbonyl (C=O) groups is 1. The van der Waals surface area contributed by atoms with Gasteiger partial charge in [0.2, 0.25) is 5.91 Å². The van der Waals surface area contributed by atoms with Gasteiger partial charge in [-0.25, -0.2) is 0 Å². The fourth-order valence-electron chi connectivity index (χ4n) is 4.46. The van der Waals surface area contributed by atoms with Crippen LogP contribution in [0.15, 0.2) is 12.2 Å². The lowest BCUT2D eigenvalue weighted by Crippen LogP contribution is -2.44. The van der Waals surface area contributed by atoms with E-state index in [1.165, 1.54) is 24.8 Å². The Hall–Kier alpha value is -0.790. The standard InChI is InChI=1S/C13H19NO/c1-7-5-11-10(6-12(15)14-2)9-4-3-8(7)13(9)11/h8-11,13H,1,3-6H2,2H3,(H,14,15)/t8?,9-,10?,11?,13-/m1/s1. The zero-order valence-electron chi connectivity index (χ0n) is 9.33. The average molecular weight is 205 g/mol. The molecule has 0 radical (unpaired) electrons. The first-order valence-electron chi connectivity index (χ1n) is 6.10. The monoisotopic (exact) mass is 205 g/mol. The van der Waals surface area contributed by atoms with Crippen molar-refractivity contribution in [3.8, 4) is 0 Å². The normalized spacial score (nSPS) is 46.2. The summed E-state index contributed by atoms with van der Waals surface area (Å²) in [4.78, 5) is 11.4. The van der Waals surface area contributed by atoms with Crippen molar-refractivity contribution >= 4 is 5.91 Å². The molecule has 1 amide bonds. The Labute approximate surface area is 91.1 Å². The Morgan fingerprint density at radius 3 is 3.00 bits per heavy atom. The van der Waals surface area contributed by atoms with Crippen LogP contribution >= 0.6 is 0 Å². The molecule has 3 unspecified atom stereocenters. The van der Waals surface area contributed by atoms with Crippen molar-refractivity contribution in [1.29, 1.82) is 0 Å². The number of hydrogen-bond donors (Lipinski definition) is 1. The van der Waals surface area contributed by atoms with Gasteiger partial charge in [0.1, 0.15) is 0 Å². The van der Waals surface area contributed by atoms with Gasteiger partial charge in [-0.3, -0.25) is 4.79 Å². The smallest absolute Gasteiger partial charge is 0.220 e. The third-order valence-corrected chi connectivity index (χ3v) is 5.09. The zero-order valence-corrected chi connectivity index (χ0v) is 9.33. The summed E-state index contributed by atoms with van der Waals surface area (Å²) in [6.07, 6.45) is 4.64. The predicted octanol–water partition coefficient (Wildman–Crippen LogP) is 1.97. The van der Waals surface area contributed by atoms with Crippen LogP contribution in [0, 0.1) is 29.6 Å². The van der Waals surface area contributed by atoms with E-state index in [-0.39, 0.29) is 5.91 Å². The van der Waals surface area contributed by atoms with Gasteiger partial charge in [-0.15, -0.1) is 0 Å². The topological polar surface area (TPSA) is 29.1 Å². The van der Waals surface area contributed by atoms with Crippen LogP contribution < -0.4 is 5.32 Å².